The smallest absolute Gasteiger partial charge is 0.408 e. The second kappa shape index (κ2) is 7.25. The van der Waals surface area contributed by atoms with Gasteiger partial charge in [0.15, 0.2) is 5.58 Å². The van der Waals surface area contributed by atoms with E-state index < -0.39 is 15.8 Å². The second-order valence-corrected chi connectivity index (χ2v) is 8.45. The van der Waals surface area contributed by atoms with Crippen molar-refractivity contribution < 1.29 is 17.6 Å². The van der Waals surface area contributed by atoms with Gasteiger partial charge in [-0.3, -0.25) is 9.36 Å². The molecule has 1 amide bonds. The lowest BCUT2D eigenvalue weighted by Gasteiger charge is -2.08. The zero-order chi connectivity index (χ0) is 19.7. The average Bonchev–Trinajstić information content (AvgIpc) is 3.42. The summed E-state index contributed by atoms with van der Waals surface area (Å²) in [4.78, 5) is 24.3. The first-order valence-electron chi connectivity index (χ1n) is 8.89. The van der Waals surface area contributed by atoms with Crippen LogP contribution in [0.1, 0.15) is 18.4 Å². The van der Waals surface area contributed by atoms with Crippen LogP contribution in [0, 0.1) is 0 Å². The SMILES string of the molecule is O=C(Cn1c(=O)oc2ccccc21)NCc1ccc(S(=O)(=O)NC2CC2)cc1. The minimum absolute atomic E-state index is 0.0476. The molecule has 0 saturated heterocycles. The number of hydrogen-bond acceptors (Lipinski definition) is 5. The second-order valence-electron chi connectivity index (χ2n) is 6.74. The molecule has 0 aliphatic heterocycles. The fourth-order valence-corrected chi connectivity index (χ4v) is 4.14. The molecule has 2 N–H and O–H groups in total. The summed E-state index contributed by atoms with van der Waals surface area (Å²) in [6.07, 6.45) is 1.75. The summed E-state index contributed by atoms with van der Waals surface area (Å²) in [5.74, 6) is -0.935. The third-order valence-electron chi connectivity index (χ3n) is 4.50. The Kier molecular flexibility index (Phi) is 4.78. The Hall–Kier alpha value is -2.91. The van der Waals surface area contributed by atoms with Gasteiger partial charge in [0.25, 0.3) is 0 Å². The molecule has 0 bridgehead atoms. The minimum atomic E-state index is -3.49. The molecule has 1 aliphatic carbocycles. The summed E-state index contributed by atoms with van der Waals surface area (Å²) < 4.78 is 33.3. The molecule has 1 fully saturated rings. The molecule has 1 aliphatic rings. The number of carbonyl (C=O) groups excluding carboxylic acids is 1. The number of para-hydroxylation sites is 2. The van der Waals surface area contributed by atoms with Crippen LogP contribution in [-0.4, -0.2) is 24.9 Å². The van der Waals surface area contributed by atoms with Gasteiger partial charge < -0.3 is 9.73 Å². The standard InChI is InChI=1S/C19H19N3O5S/c23-18(12-22-16-3-1-2-4-17(16)27-19(22)24)20-11-13-5-9-15(10-6-13)28(25,26)21-14-7-8-14/h1-6,9-10,14,21H,7-8,11-12H2,(H,20,23). The zero-order valence-corrected chi connectivity index (χ0v) is 15.7. The van der Waals surface area contributed by atoms with E-state index in [0.717, 1.165) is 18.4 Å². The topological polar surface area (TPSA) is 110 Å². The average molecular weight is 401 g/mol. The van der Waals surface area contributed by atoms with Crippen LogP contribution in [0.3, 0.4) is 0 Å². The van der Waals surface area contributed by atoms with Gasteiger partial charge in [0.2, 0.25) is 15.9 Å². The molecule has 3 aromatic rings. The molecule has 0 unspecified atom stereocenters. The van der Waals surface area contributed by atoms with Crippen molar-refractivity contribution in [1.29, 1.82) is 0 Å². The number of nitrogens with one attached hydrogen (secondary N) is 2. The fourth-order valence-electron chi connectivity index (χ4n) is 2.84. The molecule has 4 rings (SSSR count). The quantitative estimate of drug-likeness (QED) is 0.621. The van der Waals surface area contributed by atoms with Gasteiger partial charge in [-0.15, -0.1) is 0 Å². The Morgan fingerprint density at radius 1 is 1.11 bits per heavy atom. The van der Waals surface area contributed by atoms with E-state index >= 15 is 0 Å². The Balaban J connectivity index is 1.38. The summed E-state index contributed by atoms with van der Waals surface area (Å²) in [6, 6.07) is 13.3. The Labute approximate surface area is 161 Å². The summed E-state index contributed by atoms with van der Waals surface area (Å²) in [5.41, 5.74) is 1.74. The maximum atomic E-state index is 12.2. The lowest BCUT2D eigenvalue weighted by molar-refractivity contribution is -0.121. The molecule has 0 atom stereocenters. The monoisotopic (exact) mass is 401 g/mol. The van der Waals surface area contributed by atoms with Crippen LogP contribution >= 0.6 is 0 Å². The van der Waals surface area contributed by atoms with E-state index in [0.29, 0.717) is 11.1 Å². The minimum Gasteiger partial charge on any atom is -0.408 e. The number of nitrogens with zero attached hydrogens (tertiary/aromatic N) is 1. The van der Waals surface area contributed by atoms with Gasteiger partial charge in [-0.2, -0.15) is 0 Å². The molecule has 0 radical (unpaired) electrons. The lowest BCUT2D eigenvalue weighted by atomic mass is 10.2. The first-order valence-corrected chi connectivity index (χ1v) is 10.4. The first-order chi connectivity index (χ1) is 13.4. The van der Waals surface area contributed by atoms with Gasteiger partial charge in [0.1, 0.15) is 6.54 Å². The number of sulfonamides is 1. The van der Waals surface area contributed by atoms with Crippen molar-refractivity contribution in [2.75, 3.05) is 0 Å². The van der Waals surface area contributed by atoms with Gasteiger partial charge in [0, 0.05) is 12.6 Å². The number of oxazole rings is 1. The van der Waals surface area contributed by atoms with Crippen molar-refractivity contribution in [3.63, 3.8) is 0 Å². The highest BCUT2D eigenvalue weighted by atomic mass is 32.2. The molecule has 8 nitrogen and oxygen atoms in total. The van der Waals surface area contributed by atoms with E-state index in [1.807, 2.05) is 0 Å². The number of rotatable bonds is 7. The third-order valence-corrected chi connectivity index (χ3v) is 6.03. The van der Waals surface area contributed by atoms with Crippen LogP contribution in [0.2, 0.25) is 0 Å². The number of aromatic nitrogens is 1. The molecule has 28 heavy (non-hydrogen) atoms. The molecular formula is C19H19N3O5S. The molecule has 1 heterocycles. The molecule has 146 valence electrons. The highest BCUT2D eigenvalue weighted by molar-refractivity contribution is 7.89. The lowest BCUT2D eigenvalue weighted by Crippen LogP contribution is -2.30. The number of fused-ring (bicyclic) bond motifs is 1. The van der Waals surface area contributed by atoms with Crippen molar-refractivity contribution in [2.45, 2.75) is 36.9 Å². The van der Waals surface area contributed by atoms with E-state index in [4.69, 9.17) is 4.42 Å². The molecular weight excluding hydrogens is 382 g/mol. The van der Waals surface area contributed by atoms with Crippen LogP contribution in [0.15, 0.2) is 62.6 Å². The third kappa shape index (κ3) is 4.00. The number of amides is 1. The molecule has 2 aromatic carbocycles. The zero-order valence-electron chi connectivity index (χ0n) is 14.9. The highest BCUT2D eigenvalue weighted by Gasteiger charge is 2.27. The summed E-state index contributed by atoms with van der Waals surface area (Å²) in [6.45, 7) is 0.0629. The molecule has 0 spiro atoms. The Morgan fingerprint density at radius 3 is 2.54 bits per heavy atom. The summed E-state index contributed by atoms with van der Waals surface area (Å²) in [7, 11) is -3.49. The van der Waals surface area contributed by atoms with Crippen molar-refractivity contribution >= 4 is 27.0 Å². The molecule has 9 heteroatoms. The van der Waals surface area contributed by atoms with Crippen molar-refractivity contribution in [3.05, 3.63) is 64.6 Å². The van der Waals surface area contributed by atoms with Crippen LogP contribution in [0.5, 0.6) is 0 Å². The van der Waals surface area contributed by atoms with E-state index in [9.17, 15) is 18.0 Å². The van der Waals surface area contributed by atoms with Crippen molar-refractivity contribution in [3.8, 4) is 0 Å². The predicted octanol–water partition coefficient (Wildman–Crippen LogP) is 1.35. The number of benzene rings is 2. The fraction of sp³-hybridized carbons (Fsp3) is 0.263. The van der Waals surface area contributed by atoms with Crippen molar-refractivity contribution in [1.82, 2.24) is 14.6 Å². The van der Waals surface area contributed by atoms with Gasteiger partial charge in [-0.25, -0.2) is 17.9 Å². The summed E-state index contributed by atoms with van der Waals surface area (Å²) in [5, 5.41) is 2.72. The largest absolute Gasteiger partial charge is 0.420 e. The van der Waals surface area contributed by atoms with E-state index in [1.165, 1.54) is 16.7 Å². The Morgan fingerprint density at radius 2 is 1.82 bits per heavy atom. The van der Waals surface area contributed by atoms with Gasteiger partial charge in [0.05, 0.1) is 10.4 Å². The van der Waals surface area contributed by atoms with Gasteiger partial charge >= 0.3 is 5.76 Å². The highest BCUT2D eigenvalue weighted by Crippen LogP contribution is 2.22. The van der Waals surface area contributed by atoms with Gasteiger partial charge in [-0.1, -0.05) is 24.3 Å². The van der Waals surface area contributed by atoms with E-state index in [-0.39, 0.29) is 29.9 Å². The van der Waals surface area contributed by atoms with Crippen LogP contribution in [0.25, 0.3) is 11.1 Å². The van der Waals surface area contributed by atoms with E-state index in [1.54, 1.807) is 36.4 Å². The van der Waals surface area contributed by atoms with Crippen LogP contribution < -0.4 is 15.8 Å². The van der Waals surface area contributed by atoms with E-state index in [2.05, 4.69) is 10.0 Å². The normalized spacial score (nSPS) is 14.3. The Bertz CT molecular complexity index is 1170. The van der Waals surface area contributed by atoms with Crippen molar-refractivity contribution in [2.24, 2.45) is 0 Å². The maximum Gasteiger partial charge on any atom is 0.420 e. The maximum absolute atomic E-state index is 12.2. The number of hydrogen-bond donors (Lipinski definition) is 2. The predicted molar refractivity (Wildman–Crippen MR) is 102 cm³/mol. The van der Waals surface area contributed by atoms with Crippen LogP contribution in [0.4, 0.5) is 0 Å². The first kappa shape index (κ1) is 18.5. The number of carbonyl (C=O) groups is 1. The molecule has 1 saturated carbocycles. The van der Waals surface area contributed by atoms with Gasteiger partial charge in [-0.05, 0) is 42.7 Å². The summed E-state index contributed by atoms with van der Waals surface area (Å²) >= 11 is 0. The molecule has 1 aromatic heterocycles. The van der Waals surface area contributed by atoms with Crippen LogP contribution in [-0.2, 0) is 27.9 Å².